The summed E-state index contributed by atoms with van der Waals surface area (Å²) in [5, 5.41) is 5.92. The Bertz CT molecular complexity index is 1450. The molecule has 32 heavy (non-hydrogen) atoms. The molecule has 1 amide bonds. The van der Waals surface area contributed by atoms with Gasteiger partial charge in [0.05, 0.1) is 28.1 Å². The number of nitrogens with zero attached hydrogens (tertiary/aromatic N) is 4. The first-order valence-corrected chi connectivity index (χ1v) is 11.0. The maximum Gasteiger partial charge on any atom is 0.255 e. The first-order valence-electron chi connectivity index (χ1n) is 10.1. The van der Waals surface area contributed by atoms with Crippen molar-refractivity contribution in [3.05, 3.63) is 89.3 Å². The van der Waals surface area contributed by atoms with Gasteiger partial charge in [-0.2, -0.15) is 0 Å². The Morgan fingerprint density at radius 1 is 0.844 bits per heavy atom. The van der Waals surface area contributed by atoms with E-state index < -0.39 is 0 Å². The number of thiazole rings is 1. The van der Waals surface area contributed by atoms with E-state index in [1.165, 1.54) is 0 Å². The van der Waals surface area contributed by atoms with Crippen molar-refractivity contribution in [2.24, 2.45) is 0 Å². The third-order valence-corrected chi connectivity index (χ3v) is 6.08. The summed E-state index contributed by atoms with van der Waals surface area (Å²) in [6.45, 7) is 3.84. The van der Waals surface area contributed by atoms with Crippen LogP contribution in [0, 0.1) is 13.8 Å². The number of hydrogen-bond acceptors (Lipinski definition) is 6. The Labute approximate surface area is 189 Å². The summed E-state index contributed by atoms with van der Waals surface area (Å²) >= 11 is 1.58. The molecule has 0 aliphatic carbocycles. The number of benzene rings is 2. The maximum absolute atomic E-state index is 12.9. The molecule has 2 aromatic carbocycles. The van der Waals surface area contributed by atoms with Gasteiger partial charge in [0.2, 0.25) is 0 Å². The first-order chi connectivity index (χ1) is 15.6. The lowest BCUT2D eigenvalue weighted by atomic mass is 10.1. The fourth-order valence-corrected chi connectivity index (χ4v) is 4.20. The number of pyridine rings is 1. The minimum absolute atomic E-state index is 0.195. The number of anilines is 1. The molecule has 0 spiro atoms. The minimum atomic E-state index is -0.195. The SMILES string of the molecule is Cc1nc2ccc(C(=O)Nc3cccc(-c4csc(-c5ccncc5)n4)c3)cc2nc1C. The van der Waals surface area contributed by atoms with Gasteiger partial charge in [-0.25, -0.2) is 15.0 Å². The topological polar surface area (TPSA) is 80.7 Å². The van der Waals surface area contributed by atoms with Crippen LogP contribution in [0.5, 0.6) is 0 Å². The molecule has 5 aromatic rings. The highest BCUT2D eigenvalue weighted by molar-refractivity contribution is 7.13. The molecule has 7 heteroatoms. The lowest BCUT2D eigenvalue weighted by molar-refractivity contribution is 0.102. The second-order valence-electron chi connectivity index (χ2n) is 7.41. The molecular formula is C25H19N5OS. The molecule has 0 aliphatic heterocycles. The molecular weight excluding hydrogens is 418 g/mol. The fraction of sp³-hybridized carbons (Fsp3) is 0.0800. The van der Waals surface area contributed by atoms with E-state index in [2.05, 4.69) is 20.3 Å². The van der Waals surface area contributed by atoms with Crippen LogP contribution in [0.1, 0.15) is 21.7 Å². The fourth-order valence-electron chi connectivity index (χ4n) is 3.36. The molecule has 0 saturated heterocycles. The number of rotatable bonds is 4. The van der Waals surface area contributed by atoms with Gasteiger partial charge < -0.3 is 5.32 Å². The zero-order valence-electron chi connectivity index (χ0n) is 17.5. The van der Waals surface area contributed by atoms with Gasteiger partial charge in [0, 0.05) is 40.2 Å². The summed E-state index contributed by atoms with van der Waals surface area (Å²) < 4.78 is 0. The normalized spacial score (nSPS) is 10.9. The van der Waals surface area contributed by atoms with Crippen LogP contribution in [0.25, 0.3) is 32.9 Å². The van der Waals surface area contributed by atoms with Gasteiger partial charge >= 0.3 is 0 Å². The second-order valence-corrected chi connectivity index (χ2v) is 8.26. The smallest absolute Gasteiger partial charge is 0.255 e. The molecule has 0 radical (unpaired) electrons. The third-order valence-electron chi connectivity index (χ3n) is 5.19. The van der Waals surface area contributed by atoms with Crippen molar-refractivity contribution in [3.8, 4) is 21.8 Å². The zero-order chi connectivity index (χ0) is 22.1. The highest BCUT2D eigenvalue weighted by atomic mass is 32.1. The van der Waals surface area contributed by atoms with Gasteiger partial charge in [-0.1, -0.05) is 12.1 Å². The van der Waals surface area contributed by atoms with Crippen LogP contribution in [0.15, 0.2) is 72.4 Å². The average molecular weight is 438 g/mol. The molecule has 0 bridgehead atoms. The molecule has 0 unspecified atom stereocenters. The highest BCUT2D eigenvalue weighted by Crippen LogP contribution is 2.29. The summed E-state index contributed by atoms with van der Waals surface area (Å²) in [5.41, 5.74) is 7.31. The Kier molecular flexibility index (Phi) is 5.17. The molecule has 1 N–H and O–H groups in total. The van der Waals surface area contributed by atoms with Crippen LogP contribution in [-0.2, 0) is 0 Å². The summed E-state index contributed by atoms with van der Waals surface area (Å²) in [6.07, 6.45) is 3.51. The predicted molar refractivity (Wildman–Crippen MR) is 128 cm³/mol. The van der Waals surface area contributed by atoms with Gasteiger partial charge in [-0.3, -0.25) is 9.78 Å². The van der Waals surface area contributed by atoms with Crippen LogP contribution in [-0.4, -0.2) is 25.8 Å². The van der Waals surface area contributed by atoms with Crippen molar-refractivity contribution in [1.29, 1.82) is 0 Å². The predicted octanol–water partition coefficient (Wildman–Crippen LogP) is 5.68. The lowest BCUT2D eigenvalue weighted by Crippen LogP contribution is -2.12. The quantitative estimate of drug-likeness (QED) is 0.391. The first kappa shape index (κ1) is 20.0. The number of carbonyl (C=O) groups excluding carboxylic acids is 1. The number of carbonyl (C=O) groups is 1. The van der Waals surface area contributed by atoms with E-state index in [4.69, 9.17) is 4.98 Å². The minimum Gasteiger partial charge on any atom is -0.322 e. The van der Waals surface area contributed by atoms with Crippen LogP contribution in [0.2, 0.25) is 0 Å². The van der Waals surface area contributed by atoms with Crippen molar-refractivity contribution in [2.45, 2.75) is 13.8 Å². The number of amides is 1. The highest BCUT2D eigenvalue weighted by Gasteiger charge is 2.11. The molecule has 0 atom stereocenters. The molecule has 3 heterocycles. The Morgan fingerprint density at radius 2 is 1.62 bits per heavy atom. The largest absolute Gasteiger partial charge is 0.322 e. The standard InChI is InChI=1S/C25H19N5OS/c1-15-16(2)28-22-13-19(6-7-21(22)27-15)24(31)29-20-5-3-4-18(12-20)23-14-32-25(30-23)17-8-10-26-11-9-17/h3-14H,1-2H3,(H,29,31). The van der Waals surface area contributed by atoms with E-state index in [-0.39, 0.29) is 5.91 Å². The van der Waals surface area contributed by atoms with Crippen molar-refractivity contribution in [3.63, 3.8) is 0 Å². The van der Waals surface area contributed by atoms with Crippen LogP contribution in [0.3, 0.4) is 0 Å². The lowest BCUT2D eigenvalue weighted by Gasteiger charge is -2.08. The second kappa shape index (κ2) is 8.28. The van der Waals surface area contributed by atoms with E-state index in [0.29, 0.717) is 16.8 Å². The van der Waals surface area contributed by atoms with Gasteiger partial charge in [0.15, 0.2) is 0 Å². The van der Waals surface area contributed by atoms with E-state index in [9.17, 15) is 4.79 Å². The van der Waals surface area contributed by atoms with E-state index in [1.54, 1.807) is 35.9 Å². The number of aryl methyl sites for hydroxylation is 2. The van der Waals surface area contributed by atoms with E-state index in [1.807, 2.05) is 61.7 Å². The summed E-state index contributed by atoms with van der Waals surface area (Å²) in [6, 6.07) is 16.9. The van der Waals surface area contributed by atoms with E-state index >= 15 is 0 Å². The summed E-state index contributed by atoms with van der Waals surface area (Å²) in [5.74, 6) is -0.195. The molecule has 156 valence electrons. The maximum atomic E-state index is 12.9. The Balaban J connectivity index is 1.38. The van der Waals surface area contributed by atoms with Crippen molar-refractivity contribution >= 4 is 34.0 Å². The van der Waals surface area contributed by atoms with Crippen molar-refractivity contribution in [2.75, 3.05) is 5.32 Å². The average Bonchev–Trinajstić information content (AvgIpc) is 3.31. The third kappa shape index (κ3) is 3.98. The molecule has 0 aliphatic rings. The molecule has 5 rings (SSSR count). The Hall–Kier alpha value is -3.97. The molecule has 0 fully saturated rings. The van der Waals surface area contributed by atoms with Gasteiger partial charge in [0.25, 0.3) is 5.91 Å². The number of hydrogen-bond donors (Lipinski definition) is 1. The van der Waals surface area contributed by atoms with Crippen molar-refractivity contribution < 1.29 is 4.79 Å². The monoisotopic (exact) mass is 437 g/mol. The Morgan fingerprint density at radius 3 is 2.44 bits per heavy atom. The van der Waals surface area contributed by atoms with Gasteiger partial charge in [-0.05, 0) is 56.3 Å². The summed E-state index contributed by atoms with van der Waals surface area (Å²) in [7, 11) is 0. The van der Waals surface area contributed by atoms with Gasteiger partial charge in [-0.15, -0.1) is 11.3 Å². The number of nitrogens with one attached hydrogen (secondary N) is 1. The van der Waals surface area contributed by atoms with E-state index in [0.717, 1.165) is 38.7 Å². The molecule has 3 aromatic heterocycles. The zero-order valence-corrected chi connectivity index (χ0v) is 18.4. The van der Waals surface area contributed by atoms with Crippen LogP contribution in [0.4, 0.5) is 5.69 Å². The summed E-state index contributed by atoms with van der Waals surface area (Å²) in [4.78, 5) is 30.7. The molecule has 0 saturated carbocycles. The number of aromatic nitrogens is 4. The van der Waals surface area contributed by atoms with Crippen LogP contribution < -0.4 is 5.32 Å². The molecule has 6 nitrogen and oxygen atoms in total. The number of fused-ring (bicyclic) bond motifs is 1. The van der Waals surface area contributed by atoms with Gasteiger partial charge in [0.1, 0.15) is 5.01 Å². The van der Waals surface area contributed by atoms with Crippen molar-refractivity contribution in [1.82, 2.24) is 19.9 Å². The van der Waals surface area contributed by atoms with Crippen LogP contribution >= 0.6 is 11.3 Å².